The predicted molar refractivity (Wildman–Crippen MR) is 114 cm³/mol. The fourth-order valence-corrected chi connectivity index (χ4v) is 5.30. The molecule has 0 aromatic heterocycles. The van der Waals surface area contributed by atoms with Crippen LogP contribution in [0.1, 0.15) is 57.1 Å². The number of carbonyl (C=O) groups excluding carboxylic acids is 1. The van der Waals surface area contributed by atoms with Crippen molar-refractivity contribution in [3.8, 4) is 5.75 Å². The zero-order chi connectivity index (χ0) is 22.5. The first-order chi connectivity index (χ1) is 14.8. The molecule has 0 amide bonds. The lowest BCUT2D eigenvalue weighted by molar-refractivity contribution is -0.160. The van der Waals surface area contributed by atoms with Gasteiger partial charge in [0.25, 0.3) is 0 Å². The second kappa shape index (κ2) is 10.5. The van der Waals surface area contributed by atoms with Gasteiger partial charge in [0.05, 0.1) is 6.10 Å². The van der Waals surface area contributed by atoms with Crippen LogP contribution in [0.2, 0.25) is 0 Å². The molecule has 6 atom stereocenters. The Bertz CT molecular complexity index is 775. The summed E-state index contributed by atoms with van der Waals surface area (Å²) in [6, 6.07) is 5.74. The van der Waals surface area contributed by atoms with Crippen LogP contribution < -0.4 is 4.74 Å². The molecule has 0 radical (unpaired) electrons. The van der Waals surface area contributed by atoms with E-state index < -0.39 is 18.0 Å². The fourth-order valence-electron chi connectivity index (χ4n) is 5.30. The summed E-state index contributed by atoms with van der Waals surface area (Å²) in [5.41, 5.74) is 2.18. The zero-order valence-electron chi connectivity index (χ0n) is 18.3. The lowest BCUT2D eigenvalue weighted by Crippen LogP contribution is -2.32. The number of ether oxygens (including phenoxy) is 2. The molecule has 1 aromatic carbocycles. The minimum atomic E-state index is -1.16. The topological polar surface area (TPSA) is 113 Å². The second-order valence-electron chi connectivity index (χ2n) is 8.98. The third-order valence-corrected chi connectivity index (χ3v) is 6.73. The maximum absolute atomic E-state index is 12.1. The van der Waals surface area contributed by atoms with Crippen LogP contribution in [0.3, 0.4) is 0 Å². The van der Waals surface area contributed by atoms with Gasteiger partial charge >= 0.3 is 11.9 Å². The van der Waals surface area contributed by atoms with E-state index in [4.69, 9.17) is 14.6 Å². The van der Waals surface area contributed by atoms with Crippen LogP contribution in [0.5, 0.6) is 5.75 Å². The summed E-state index contributed by atoms with van der Waals surface area (Å²) in [7, 11) is 0. The monoisotopic (exact) mass is 434 g/mol. The molecule has 3 rings (SSSR count). The van der Waals surface area contributed by atoms with Gasteiger partial charge in [0.1, 0.15) is 18.0 Å². The van der Waals surface area contributed by atoms with E-state index in [1.165, 1.54) is 6.92 Å². The van der Waals surface area contributed by atoms with Crippen molar-refractivity contribution in [2.45, 2.75) is 77.1 Å². The molecule has 1 fully saturated rings. The average molecular weight is 435 g/mol. The Kier molecular flexibility index (Phi) is 7.94. The van der Waals surface area contributed by atoms with Gasteiger partial charge in [0.2, 0.25) is 0 Å². The van der Waals surface area contributed by atoms with Crippen molar-refractivity contribution in [2.24, 2.45) is 17.8 Å². The van der Waals surface area contributed by atoms with Crippen molar-refractivity contribution in [1.82, 2.24) is 0 Å². The van der Waals surface area contributed by atoms with Gasteiger partial charge in [0, 0.05) is 0 Å². The summed E-state index contributed by atoms with van der Waals surface area (Å²) >= 11 is 0. The summed E-state index contributed by atoms with van der Waals surface area (Å²) in [5.74, 6) is -0.299. The van der Waals surface area contributed by atoms with Gasteiger partial charge in [-0.25, -0.2) is 9.59 Å². The Morgan fingerprint density at radius 3 is 2.65 bits per heavy atom. The van der Waals surface area contributed by atoms with E-state index >= 15 is 0 Å². The fraction of sp³-hybridized carbons (Fsp3) is 0.667. The highest BCUT2D eigenvalue weighted by Crippen LogP contribution is 2.49. The molecule has 7 heteroatoms. The van der Waals surface area contributed by atoms with Crippen molar-refractivity contribution >= 4 is 11.9 Å². The summed E-state index contributed by atoms with van der Waals surface area (Å²) < 4.78 is 11.2. The third kappa shape index (κ3) is 5.77. The van der Waals surface area contributed by atoms with E-state index in [9.17, 15) is 19.8 Å². The van der Waals surface area contributed by atoms with Crippen LogP contribution in [0.4, 0.5) is 0 Å². The quantitative estimate of drug-likeness (QED) is 0.485. The van der Waals surface area contributed by atoms with Gasteiger partial charge in [-0.2, -0.15) is 0 Å². The van der Waals surface area contributed by atoms with Crippen LogP contribution >= 0.6 is 0 Å². The van der Waals surface area contributed by atoms with Gasteiger partial charge in [-0.15, -0.1) is 0 Å². The van der Waals surface area contributed by atoms with Crippen molar-refractivity contribution in [2.75, 3.05) is 6.61 Å². The molecule has 0 heterocycles. The molecule has 0 aliphatic heterocycles. The molecule has 2 aliphatic rings. The molecule has 172 valence electrons. The minimum Gasteiger partial charge on any atom is -0.482 e. The van der Waals surface area contributed by atoms with E-state index in [1.807, 2.05) is 13.0 Å². The minimum absolute atomic E-state index is 0.121. The number of hydrogen-bond acceptors (Lipinski definition) is 6. The summed E-state index contributed by atoms with van der Waals surface area (Å²) in [5, 5.41) is 28.8. The molecule has 0 saturated heterocycles. The first-order valence-electron chi connectivity index (χ1n) is 11.3. The lowest BCUT2D eigenvalue weighted by Gasteiger charge is -2.32. The first kappa shape index (κ1) is 23.5. The smallest absolute Gasteiger partial charge is 0.341 e. The Hall–Kier alpha value is -2.12. The number of fused-ring (bicyclic) bond motifs is 2. The maximum atomic E-state index is 12.1. The van der Waals surface area contributed by atoms with Gasteiger partial charge in [0.15, 0.2) is 6.61 Å². The summed E-state index contributed by atoms with van der Waals surface area (Å²) in [6.45, 7) is 3.08. The van der Waals surface area contributed by atoms with Crippen LogP contribution in [-0.2, 0) is 27.2 Å². The van der Waals surface area contributed by atoms with Crippen molar-refractivity contribution in [3.05, 3.63) is 29.3 Å². The summed E-state index contributed by atoms with van der Waals surface area (Å²) in [6.07, 6.45) is 3.55. The number of carboxylic acid groups (broad SMARTS) is 1. The van der Waals surface area contributed by atoms with E-state index in [0.717, 1.165) is 43.2 Å². The highest BCUT2D eigenvalue weighted by Gasteiger charge is 2.47. The Labute approximate surface area is 183 Å². The molecule has 31 heavy (non-hydrogen) atoms. The number of benzene rings is 1. The van der Waals surface area contributed by atoms with Gasteiger partial charge in [-0.05, 0) is 80.4 Å². The number of carbonyl (C=O) groups is 2. The third-order valence-electron chi connectivity index (χ3n) is 6.73. The Morgan fingerprint density at radius 1 is 1.19 bits per heavy atom. The maximum Gasteiger partial charge on any atom is 0.341 e. The number of aliphatic hydroxyl groups excluding tert-OH is 2. The van der Waals surface area contributed by atoms with Gasteiger partial charge in [-0.3, -0.25) is 0 Å². The number of carboxylic acids is 1. The standard InChI is InChI=1S/C24H34O7/c1-3-5-17(26)8-9-18-19-10-15-6-4-7-21(30-13-23(27)28)20(15)11-16(19)12-22(18)31-24(29)14(2)25/h4,6-7,14,16-19,22,25-26H,3,5,8-13H2,1-2H3,(H,27,28)/t14-,16?,17+,18-,19?,22-/m1/s1. The highest BCUT2D eigenvalue weighted by atomic mass is 16.6. The summed E-state index contributed by atoms with van der Waals surface area (Å²) in [4.78, 5) is 23.0. The average Bonchev–Trinajstić information content (AvgIpc) is 3.04. The molecule has 1 aromatic rings. The van der Waals surface area contributed by atoms with E-state index in [1.54, 1.807) is 6.07 Å². The molecule has 2 aliphatic carbocycles. The van der Waals surface area contributed by atoms with Crippen LogP contribution in [0, 0.1) is 17.8 Å². The van der Waals surface area contributed by atoms with E-state index in [0.29, 0.717) is 24.5 Å². The van der Waals surface area contributed by atoms with E-state index in [2.05, 4.69) is 6.07 Å². The second-order valence-corrected chi connectivity index (χ2v) is 8.98. The number of rotatable bonds is 10. The predicted octanol–water partition coefficient (Wildman–Crippen LogP) is 2.73. The van der Waals surface area contributed by atoms with Crippen LogP contribution in [-0.4, -0.2) is 52.2 Å². The van der Waals surface area contributed by atoms with Crippen LogP contribution in [0.15, 0.2) is 18.2 Å². The number of aliphatic hydroxyl groups is 2. The number of esters is 1. The molecule has 3 N–H and O–H groups in total. The SMILES string of the molecule is CCC[C@H](O)CC[C@@H]1C2Cc3cccc(OCC(=O)O)c3CC2C[C@H]1OC(=O)[C@@H](C)O. The van der Waals surface area contributed by atoms with Crippen molar-refractivity contribution in [3.63, 3.8) is 0 Å². The molecule has 2 unspecified atom stereocenters. The zero-order valence-corrected chi connectivity index (χ0v) is 18.3. The normalized spacial score (nSPS) is 26.5. The molecule has 7 nitrogen and oxygen atoms in total. The van der Waals surface area contributed by atoms with E-state index in [-0.39, 0.29) is 30.7 Å². The van der Waals surface area contributed by atoms with Crippen molar-refractivity contribution in [1.29, 1.82) is 0 Å². The Morgan fingerprint density at radius 2 is 1.97 bits per heavy atom. The van der Waals surface area contributed by atoms with Crippen LogP contribution in [0.25, 0.3) is 0 Å². The van der Waals surface area contributed by atoms with Gasteiger partial charge in [-0.1, -0.05) is 25.5 Å². The van der Waals surface area contributed by atoms with Gasteiger partial charge < -0.3 is 24.8 Å². The highest BCUT2D eigenvalue weighted by molar-refractivity contribution is 5.74. The molecular formula is C24H34O7. The number of hydrogen-bond donors (Lipinski definition) is 3. The number of aliphatic carboxylic acids is 1. The Balaban J connectivity index is 1.79. The first-order valence-corrected chi connectivity index (χ1v) is 11.3. The molecule has 0 bridgehead atoms. The largest absolute Gasteiger partial charge is 0.482 e. The lowest BCUT2D eigenvalue weighted by atomic mass is 9.73. The molecule has 0 spiro atoms. The molecule has 1 saturated carbocycles. The molecular weight excluding hydrogens is 400 g/mol. The van der Waals surface area contributed by atoms with Crippen molar-refractivity contribution < 1.29 is 34.4 Å².